The maximum atomic E-state index is 11.4. The minimum atomic E-state index is -2.88. The standard InChI is InChI=1S/C16H27NO2S/c1-13(2)17-12-16(9-10-20(4,18)19)11-15-7-5-14(3)6-8-15/h5-8,13,16-17H,9-12H2,1-4H3. The lowest BCUT2D eigenvalue weighted by molar-refractivity contribution is 0.435. The van der Waals surface area contributed by atoms with E-state index in [9.17, 15) is 8.42 Å². The third-order valence-electron chi connectivity index (χ3n) is 3.36. The van der Waals surface area contributed by atoms with Crippen molar-refractivity contribution in [2.24, 2.45) is 5.92 Å². The van der Waals surface area contributed by atoms with Gasteiger partial charge in [0, 0.05) is 12.3 Å². The predicted octanol–water partition coefficient (Wildman–Crippen LogP) is 2.59. The highest BCUT2D eigenvalue weighted by molar-refractivity contribution is 7.90. The summed E-state index contributed by atoms with van der Waals surface area (Å²) < 4.78 is 22.7. The van der Waals surface area contributed by atoms with Crippen molar-refractivity contribution in [2.45, 2.75) is 39.7 Å². The largest absolute Gasteiger partial charge is 0.314 e. The van der Waals surface area contributed by atoms with Crippen LogP contribution in [-0.2, 0) is 16.3 Å². The quantitative estimate of drug-likeness (QED) is 0.802. The van der Waals surface area contributed by atoms with Crippen LogP contribution in [0.4, 0.5) is 0 Å². The summed E-state index contributed by atoms with van der Waals surface area (Å²) in [6.45, 7) is 7.16. The van der Waals surface area contributed by atoms with Crippen LogP contribution < -0.4 is 5.32 Å². The van der Waals surface area contributed by atoms with Crippen LogP contribution in [-0.4, -0.2) is 33.0 Å². The van der Waals surface area contributed by atoms with Crippen molar-refractivity contribution in [3.05, 3.63) is 35.4 Å². The average molecular weight is 297 g/mol. The number of hydrogen-bond donors (Lipinski definition) is 1. The molecule has 1 rings (SSSR count). The maximum absolute atomic E-state index is 11.4. The van der Waals surface area contributed by atoms with Gasteiger partial charge in [-0.1, -0.05) is 43.7 Å². The molecule has 3 nitrogen and oxygen atoms in total. The first-order valence-corrected chi connectivity index (χ1v) is 9.29. The number of aryl methyl sites for hydroxylation is 1. The Morgan fingerprint density at radius 3 is 2.25 bits per heavy atom. The monoisotopic (exact) mass is 297 g/mol. The van der Waals surface area contributed by atoms with Gasteiger partial charge in [0.25, 0.3) is 0 Å². The Kier molecular flexibility index (Phi) is 6.69. The van der Waals surface area contributed by atoms with E-state index in [4.69, 9.17) is 0 Å². The Bertz CT molecular complexity index is 492. The van der Waals surface area contributed by atoms with Crippen LogP contribution in [0.5, 0.6) is 0 Å². The Balaban J connectivity index is 2.63. The smallest absolute Gasteiger partial charge is 0.147 e. The molecule has 0 radical (unpaired) electrons. The summed E-state index contributed by atoms with van der Waals surface area (Å²) in [6, 6.07) is 8.92. The molecule has 1 atom stereocenters. The molecule has 0 aliphatic rings. The molecule has 0 bridgehead atoms. The summed E-state index contributed by atoms with van der Waals surface area (Å²) in [5.41, 5.74) is 2.53. The van der Waals surface area contributed by atoms with Gasteiger partial charge in [0.1, 0.15) is 9.84 Å². The zero-order chi connectivity index (χ0) is 15.2. The van der Waals surface area contributed by atoms with Gasteiger partial charge in [-0.3, -0.25) is 0 Å². The molecule has 0 heterocycles. The highest BCUT2D eigenvalue weighted by Gasteiger charge is 2.13. The molecule has 4 heteroatoms. The zero-order valence-corrected chi connectivity index (χ0v) is 13.8. The SMILES string of the molecule is Cc1ccc(CC(CCS(C)(=O)=O)CNC(C)C)cc1. The van der Waals surface area contributed by atoms with Crippen LogP contribution in [0.15, 0.2) is 24.3 Å². The van der Waals surface area contributed by atoms with Gasteiger partial charge in [0.05, 0.1) is 5.75 Å². The third-order valence-corrected chi connectivity index (χ3v) is 4.33. The molecule has 0 fully saturated rings. The van der Waals surface area contributed by atoms with Crippen LogP contribution in [0.1, 0.15) is 31.4 Å². The van der Waals surface area contributed by atoms with E-state index < -0.39 is 9.84 Å². The van der Waals surface area contributed by atoms with E-state index in [1.54, 1.807) is 0 Å². The number of nitrogens with one attached hydrogen (secondary N) is 1. The molecule has 1 N–H and O–H groups in total. The van der Waals surface area contributed by atoms with Crippen molar-refractivity contribution in [1.82, 2.24) is 5.32 Å². The predicted molar refractivity (Wildman–Crippen MR) is 85.8 cm³/mol. The first kappa shape index (κ1) is 17.2. The van der Waals surface area contributed by atoms with Gasteiger partial charge in [0.2, 0.25) is 0 Å². The van der Waals surface area contributed by atoms with E-state index in [1.165, 1.54) is 17.4 Å². The highest BCUT2D eigenvalue weighted by atomic mass is 32.2. The summed E-state index contributed by atoms with van der Waals surface area (Å²) in [7, 11) is -2.88. The number of hydrogen-bond acceptors (Lipinski definition) is 3. The van der Waals surface area contributed by atoms with E-state index in [1.807, 2.05) is 0 Å². The molecule has 0 amide bonds. The van der Waals surface area contributed by atoms with Crippen LogP contribution in [0, 0.1) is 12.8 Å². The fourth-order valence-corrected chi connectivity index (χ4v) is 2.88. The van der Waals surface area contributed by atoms with Crippen LogP contribution in [0.2, 0.25) is 0 Å². The van der Waals surface area contributed by atoms with E-state index in [0.29, 0.717) is 18.4 Å². The minimum absolute atomic E-state index is 0.267. The van der Waals surface area contributed by atoms with Gasteiger partial charge in [0.15, 0.2) is 0 Å². The molecule has 0 saturated heterocycles. The molecule has 1 aromatic carbocycles. The zero-order valence-electron chi connectivity index (χ0n) is 13.0. The second-order valence-corrected chi connectivity index (χ2v) is 8.30. The third kappa shape index (κ3) is 7.65. The lowest BCUT2D eigenvalue weighted by atomic mass is 9.96. The molecular weight excluding hydrogens is 270 g/mol. The summed E-state index contributed by atoms with van der Waals surface area (Å²) >= 11 is 0. The number of rotatable bonds is 8. The molecular formula is C16H27NO2S. The second-order valence-electron chi connectivity index (χ2n) is 6.04. The summed E-state index contributed by atoms with van der Waals surface area (Å²) in [5.74, 6) is 0.623. The Labute approximate surface area is 123 Å². The molecule has 0 aliphatic heterocycles. The Hall–Kier alpha value is -0.870. The maximum Gasteiger partial charge on any atom is 0.147 e. The molecule has 0 aromatic heterocycles. The van der Waals surface area contributed by atoms with Gasteiger partial charge in [-0.15, -0.1) is 0 Å². The van der Waals surface area contributed by atoms with Crippen molar-refractivity contribution in [2.75, 3.05) is 18.6 Å². The number of sulfone groups is 1. The van der Waals surface area contributed by atoms with E-state index in [2.05, 4.69) is 50.4 Å². The lowest BCUT2D eigenvalue weighted by Crippen LogP contribution is -2.31. The highest BCUT2D eigenvalue weighted by Crippen LogP contribution is 2.14. The normalized spacial score (nSPS) is 13.7. The molecule has 0 spiro atoms. The minimum Gasteiger partial charge on any atom is -0.314 e. The molecule has 20 heavy (non-hydrogen) atoms. The molecule has 1 aromatic rings. The fraction of sp³-hybridized carbons (Fsp3) is 0.625. The van der Waals surface area contributed by atoms with E-state index in [-0.39, 0.29) is 5.75 Å². The first-order valence-electron chi connectivity index (χ1n) is 7.23. The summed E-state index contributed by atoms with van der Waals surface area (Å²) in [4.78, 5) is 0. The second kappa shape index (κ2) is 7.79. The lowest BCUT2D eigenvalue weighted by Gasteiger charge is -2.19. The van der Waals surface area contributed by atoms with Crippen molar-refractivity contribution >= 4 is 9.84 Å². The number of benzene rings is 1. The van der Waals surface area contributed by atoms with Crippen molar-refractivity contribution in [1.29, 1.82) is 0 Å². The van der Waals surface area contributed by atoms with E-state index in [0.717, 1.165) is 13.0 Å². The summed E-state index contributed by atoms with van der Waals surface area (Å²) in [6.07, 6.45) is 2.95. The Morgan fingerprint density at radius 2 is 1.75 bits per heavy atom. The summed E-state index contributed by atoms with van der Waals surface area (Å²) in [5, 5.41) is 3.42. The first-order chi connectivity index (χ1) is 9.26. The van der Waals surface area contributed by atoms with Crippen LogP contribution in [0.25, 0.3) is 0 Å². The van der Waals surface area contributed by atoms with Crippen LogP contribution >= 0.6 is 0 Å². The van der Waals surface area contributed by atoms with Gasteiger partial charge in [-0.05, 0) is 37.8 Å². The molecule has 1 unspecified atom stereocenters. The van der Waals surface area contributed by atoms with E-state index >= 15 is 0 Å². The molecule has 114 valence electrons. The van der Waals surface area contributed by atoms with Gasteiger partial charge in [-0.2, -0.15) is 0 Å². The van der Waals surface area contributed by atoms with Crippen molar-refractivity contribution < 1.29 is 8.42 Å². The van der Waals surface area contributed by atoms with Gasteiger partial charge >= 0.3 is 0 Å². The molecule has 0 aliphatic carbocycles. The Morgan fingerprint density at radius 1 is 1.15 bits per heavy atom. The topological polar surface area (TPSA) is 46.2 Å². The fourth-order valence-electron chi connectivity index (χ4n) is 2.12. The van der Waals surface area contributed by atoms with Crippen LogP contribution in [0.3, 0.4) is 0 Å². The molecule has 0 saturated carbocycles. The van der Waals surface area contributed by atoms with Crippen molar-refractivity contribution in [3.63, 3.8) is 0 Å². The average Bonchev–Trinajstić information content (AvgIpc) is 2.34. The van der Waals surface area contributed by atoms with Gasteiger partial charge in [-0.25, -0.2) is 8.42 Å². The van der Waals surface area contributed by atoms with Crippen molar-refractivity contribution in [3.8, 4) is 0 Å². The van der Waals surface area contributed by atoms with Gasteiger partial charge < -0.3 is 5.32 Å².